The first-order valence-corrected chi connectivity index (χ1v) is 6.92. The van der Waals surface area contributed by atoms with Gasteiger partial charge in [0.15, 0.2) is 0 Å². The third-order valence-electron chi connectivity index (χ3n) is 4.09. The van der Waals surface area contributed by atoms with E-state index in [0.717, 1.165) is 24.8 Å². The summed E-state index contributed by atoms with van der Waals surface area (Å²) < 4.78 is 0. The summed E-state index contributed by atoms with van der Waals surface area (Å²) in [5.41, 5.74) is 0. The average molecular weight is 227 g/mol. The van der Waals surface area contributed by atoms with Crippen molar-refractivity contribution in [2.75, 3.05) is 13.6 Å². The Hall–Kier alpha value is -0.0800. The summed E-state index contributed by atoms with van der Waals surface area (Å²) in [6, 6.07) is 0.400. The first-order chi connectivity index (χ1) is 7.54. The van der Waals surface area contributed by atoms with E-state index in [1.165, 1.54) is 25.7 Å². The maximum Gasteiger partial charge on any atom is 0.0695 e. The van der Waals surface area contributed by atoms with Crippen LogP contribution in [0.5, 0.6) is 0 Å². The van der Waals surface area contributed by atoms with Gasteiger partial charge in [-0.1, -0.05) is 27.2 Å². The zero-order valence-corrected chi connectivity index (χ0v) is 11.4. The second-order valence-corrected chi connectivity index (χ2v) is 5.89. The molecule has 1 aliphatic carbocycles. The number of aliphatic hydroxyl groups excluding tert-OH is 1. The molecule has 1 aliphatic rings. The lowest BCUT2D eigenvalue weighted by molar-refractivity contribution is 0.0122. The minimum atomic E-state index is -0.0973. The number of hydrogen-bond acceptors (Lipinski definition) is 2. The molecule has 1 N–H and O–H groups in total. The topological polar surface area (TPSA) is 23.5 Å². The quantitative estimate of drug-likeness (QED) is 0.780. The third-order valence-corrected chi connectivity index (χ3v) is 4.09. The molecular weight excluding hydrogens is 198 g/mol. The van der Waals surface area contributed by atoms with E-state index in [0.29, 0.717) is 6.04 Å². The maximum absolute atomic E-state index is 10.1. The van der Waals surface area contributed by atoms with Crippen molar-refractivity contribution in [3.63, 3.8) is 0 Å². The standard InChI is InChI=1S/C14H29NO/c1-5-12-6-7-14(16)13(10-12)15(4)9-8-11(2)3/h11-14,16H,5-10H2,1-4H3. The lowest BCUT2D eigenvalue weighted by Crippen LogP contribution is -2.46. The molecule has 0 heterocycles. The molecule has 0 amide bonds. The monoisotopic (exact) mass is 227 g/mol. The van der Waals surface area contributed by atoms with Crippen molar-refractivity contribution in [1.29, 1.82) is 0 Å². The van der Waals surface area contributed by atoms with Crippen molar-refractivity contribution in [1.82, 2.24) is 4.90 Å². The van der Waals surface area contributed by atoms with Gasteiger partial charge in [0.05, 0.1) is 6.10 Å². The van der Waals surface area contributed by atoms with Crippen molar-refractivity contribution in [3.05, 3.63) is 0 Å². The highest BCUT2D eigenvalue weighted by molar-refractivity contribution is 4.85. The fourth-order valence-corrected chi connectivity index (χ4v) is 2.69. The first-order valence-electron chi connectivity index (χ1n) is 6.92. The molecule has 96 valence electrons. The van der Waals surface area contributed by atoms with Gasteiger partial charge >= 0.3 is 0 Å². The predicted octanol–water partition coefficient (Wildman–Crippen LogP) is 2.90. The largest absolute Gasteiger partial charge is 0.391 e. The second-order valence-electron chi connectivity index (χ2n) is 5.89. The Morgan fingerprint density at radius 3 is 2.56 bits per heavy atom. The highest BCUT2D eigenvalue weighted by Gasteiger charge is 2.30. The average Bonchev–Trinajstić information content (AvgIpc) is 2.26. The molecule has 3 unspecified atom stereocenters. The van der Waals surface area contributed by atoms with E-state index in [1.807, 2.05) is 0 Å². The zero-order valence-electron chi connectivity index (χ0n) is 11.4. The van der Waals surface area contributed by atoms with Gasteiger partial charge in [0.1, 0.15) is 0 Å². The van der Waals surface area contributed by atoms with Crippen molar-refractivity contribution in [3.8, 4) is 0 Å². The van der Waals surface area contributed by atoms with Crippen molar-refractivity contribution < 1.29 is 5.11 Å². The van der Waals surface area contributed by atoms with E-state index in [1.54, 1.807) is 0 Å². The van der Waals surface area contributed by atoms with Gasteiger partial charge in [-0.25, -0.2) is 0 Å². The molecule has 0 spiro atoms. The van der Waals surface area contributed by atoms with E-state index in [2.05, 4.69) is 32.7 Å². The SMILES string of the molecule is CCC1CCC(O)C(N(C)CCC(C)C)C1. The smallest absolute Gasteiger partial charge is 0.0695 e. The Morgan fingerprint density at radius 2 is 2.00 bits per heavy atom. The molecule has 2 nitrogen and oxygen atoms in total. The molecule has 0 radical (unpaired) electrons. The van der Waals surface area contributed by atoms with Crippen LogP contribution >= 0.6 is 0 Å². The van der Waals surface area contributed by atoms with E-state index < -0.39 is 0 Å². The highest BCUT2D eigenvalue weighted by atomic mass is 16.3. The van der Waals surface area contributed by atoms with E-state index in [9.17, 15) is 5.11 Å². The lowest BCUT2D eigenvalue weighted by Gasteiger charge is -2.39. The van der Waals surface area contributed by atoms with Crippen LogP contribution in [0, 0.1) is 11.8 Å². The number of likely N-dealkylation sites (N-methyl/N-ethyl adjacent to an activating group) is 1. The molecule has 0 aromatic rings. The Morgan fingerprint density at radius 1 is 1.31 bits per heavy atom. The summed E-state index contributed by atoms with van der Waals surface area (Å²) in [5, 5.41) is 10.1. The molecule has 16 heavy (non-hydrogen) atoms. The van der Waals surface area contributed by atoms with Crippen LogP contribution < -0.4 is 0 Å². The second kappa shape index (κ2) is 6.61. The van der Waals surface area contributed by atoms with Gasteiger partial charge in [0, 0.05) is 6.04 Å². The Kier molecular flexibility index (Phi) is 5.77. The van der Waals surface area contributed by atoms with Crippen LogP contribution in [0.25, 0.3) is 0 Å². The third kappa shape index (κ3) is 4.06. The van der Waals surface area contributed by atoms with Gasteiger partial charge in [-0.05, 0) is 51.1 Å². The number of rotatable bonds is 5. The van der Waals surface area contributed by atoms with Crippen LogP contribution in [0.3, 0.4) is 0 Å². The van der Waals surface area contributed by atoms with Crippen LogP contribution in [0.1, 0.15) is 52.9 Å². The normalized spacial score (nSPS) is 31.3. The molecule has 1 rings (SSSR count). The van der Waals surface area contributed by atoms with Gasteiger partial charge in [-0.3, -0.25) is 0 Å². The van der Waals surface area contributed by atoms with Gasteiger partial charge < -0.3 is 10.0 Å². The fraction of sp³-hybridized carbons (Fsp3) is 1.00. The molecule has 1 saturated carbocycles. The van der Waals surface area contributed by atoms with Crippen molar-refractivity contribution >= 4 is 0 Å². The predicted molar refractivity (Wildman–Crippen MR) is 69.5 cm³/mol. The molecule has 1 fully saturated rings. The van der Waals surface area contributed by atoms with Gasteiger partial charge in [-0.15, -0.1) is 0 Å². The van der Waals surface area contributed by atoms with Crippen LogP contribution in [0.4, 0.5) is 0 Å². The number of aliphatic hydroxyl groups is 1. The van der Waals surface area contributed by atoms with Crippen LogP contribution in [-0.2, 0) is 0 Å². The zero-order chi connectivity index (χ0) is 12.1. The molecule has 0 aromatic heterocycles. The van der Waals surface area contributed by atoms with Crippen molar-refractivity contribution in [2.24, 2.45) is 11.8 Å². The molecule has 0 aliphatic heterocycles. The molecule has 3 atom stereocenters. The highest BCUT2D eigenvalue weighted by Crippen LogP contribution is 2.29. The fourth-order valence-electron chi connectivity index (χ4n) is 2.69. The van der Waals surface area contributed by atoms with Gasteiger partial charge in [-0.2, -0.15) is 0 Å². The number of hydrogen-bond donors (Lipinski definition) is 1. The Bertz CT molecular complexity index is 193. The summed E-state index contributed by atoms with van der Waals surface area (Å²) in [4.78, 5) is 2.38. The van der Waals surface area contributed by atoms with Gasteiger partial charge in [0.2, 0.25) is 0 Å². The number of nitrogens with zero attached hydrogens (tertiary/aromatic N) is 1. The summed E-state index contributed by atoms with van der Waals surface area (Å²) in [6.45, 7) is 7.92. The summed E-state index contributed by atoms with van der Waals surface area (Å²) >= 11 is 0. The van der Waals surface area contributed by atoms with Crippen molar-refractivity contribution in [2.45, 2.75) is 65.0 Å². The maximum atomic E-state index is 10.1. The molecular formula is C14H29NO. The Labute approximate surface area is 101 Å². The molecule has 2 heteroatoms. The minimum absolute atomic E-state index is 0.0973. The summed E-state index contributed by atoms with van der Waals surface area (Å²) in [5.74, 6) is 1.58. The van der Waals surface area contributed by atoms with E-state index >= 15 is 0 Å². The first kappa shape index (κ1) is 14.0. The van der Waals surface area contributed by atoms with E-state index in [-0.39, 0.29) is 6.10 Å². The van der Waals surface area contributed by atoms with Gasteiger partial charge in [0.25, 0.3) is 0 Å². The summed E-state index contributed by atoms with van der Waals surface area (Å²) in [6.07, 6.45) is 5.80. The summed E-state index contributed by atoms with van der Waals surface area (Å²) in [7, 11) is 2.17. The van der Waals surface area contributed by atoms with Crippen LogP contribution in [0.2, 0.25) is 0 Å². The molecule has 0 saturated heterocycles. The minimum Gasteiger partial charge on any atom is -0.391 e. The Balaban J connectivity index is 2.42. The van der Waals surface area contributed by atoms with Crippen LogP contribution in [-0.4, -0.2) is 35.7 Å². The molecule has 0 bridgehead atoms. The van der Waals surface area contributed by atoms with E-state index in [4.69, 9.17) is 0 Å². The molecule has 0 aromatic carbocycles. The lowest BCUT2D eigenvalue weighted by atomic mass is 9.81. The van der Waals surface area contributed by atoms with Crippen LogP contribution in [0.15, 0.2) is 0 Å².